The zero-order chi connectivity index (χ0) is 19.6. The van der Waals surface area contributed by atoms with Gasteiger partial charge in [-0.15, -0.1) is 0 Å². The molecule has 1 aliphatic carbocycles. The molecule has 0 aliphatic heterocycles. The first-order valence-corrected chi connectivity index (χ1v) is 8.68. The Labute approximate surface area is 156 Å². The number of carbonyl (C=O) groups excluding carboxylic acids is 2. The molecule has 2 aromatic rings. The molecule has 1 N–H and O–H groups in total. The maximum Gasteiger partial charge on any atom is 0.310 e. The number of ether oxygens (including phenoxy) is 1. The summed E-state index contributed by atoms with van der Waals surface area (Å²) in [6.45, 7) is 3.67. The van der Waals surface area contributed by atoms with Gasteiger partial charge in [0.2, 0.25) is 6.10 Å². The quantitative estimate of drug-likeness (QED) is 0.475. The number of rotatable bonds is 6. The molecule has 3 atom stereocenters. The fourth-order valence-electron chi connectivity index (χ4n) is 2.85. The summed E-state index contributed by atoms with van der Waals surface area (Å²) < 4.78 is 5.47. The Kier molecular flexibility index (Phi) is 5.21. The Bertz CT molecular complexity index is 881. The summed E-state index contributed by atoms with van der Waals surface area (Å²) in [6, 6.07) is 13.1. The summed E-state index contributed by atoms with van der Waals surface area (Å²) in [5, 5.41) is 13.8. The van der Waals surface area contributed by atoms with Crippen molar-refractivity contribution in [2.75, 3.05) is 5.32 Å². The molecule has 3 rings (SSSR count). The highest BCUT2D eigenvalue weighted by Gasteiger charge is 2.42. The van der Waals surface area contributed by atoms with E-state index in [1.54, 1.807) is 43.3 Å². The summed E-state index contributed by atoms with van der Waals surface area (Å²) in [4.78, 5) is 35.8. The van der Waals surface area contributed by atoms with Crippen LogP contribution in [-0.2, 0) is 14.3 Å². The molecule has 0 saturated heterocycles. The van der Waals surface area contributed by atoms with E-state index in [0.29, 0.717) is 11.1 Å². The van der Waals surface area contributed by atoms with Crippen LogP contribution in [-0.4, -0.2) is 16.8 Å². The highest BCUT2D eigenvalue weighted by Crippen LogP contribution is 2.40. The van der Waals surface area contributed by atoms with Gasteiger partial charge in [0.25, 0.3) is 11.6 Å². The first-order chi connectivity index (χ1) is 12.9. The van der Waals surface area contributed by atoms with E-state index < -0.39 is 22.9 Å². The summed E-state index contributed by atoms with van der Waals surface area (Å²) in [5.41, 5.74) is 1.06. The summed E-state index contributed by atoms with van der Waals surface area (Å²) >= 11 is 0. The third kappa shape index (κ3) is 4.31. The van der Waals surface area contributed by atoms with E-state index in [-0.39, 0.29) is 23.2 Å². The second-order valence-electron chi connectivity index (χ2n) is 6.81. The molecular formula is C20H20N2O5. The second-order valence-corrected chi connectivity index (χ2v) is 6.81. The zero-order valence-electron chi connectivity index (χ0n) is 15.0. The van der Waals surface area contributed by atoms with Gasteiger partial charge < -0.3 is 10.1 Å². The molecule has 1 aliphatic rings. The number of esters is 1. The van der Waals surface area contributed by atoms with E-state index >= 15 is 0 Å². The number of nitrogens with one attached hydrogen (secondary N) is 1. The van der Waals surface area contributed by atoms with E-state index in [9.17, 15) is 19.7 Å². The van der Waals surface area contributed by atoms with Crippen molar-refractivity contribution in [3.8, 4) is 0 Å². The summed E-state index contributed by atoms with van der Waals surface area (Å²) in [7, 11) is 0. The third-order valence-electron chi connectivity index (χ3n) is 4.59. The normalized spacial score (nSPS) is 19.0. The van der Waals surface area contributed by atoms with Gasteiger partial charge in [-0.1, -0.05) is 43.3 Å². The first-order valence-electron chi connectivity index (χ1n) is 8.68. The largest absolute Gasteiger partial charge is 0.447 e. The van der Waals surface area contributed by atoms with Crippen LogP contribution >= 0.6 is 0 Å². The van der Waals surface area contributed by atoms with E-state index in [1.807, 2.05) is 6.92 Å². The lowest BCUT2D eigenvalue weighted by atomic mass is 10.1. The van der Waals surface area contributed by atoms with Gasteiger partial charge in [0, 0.05) is 11.6 Å². The molecule has 2 aromatic carbocycles. The SMILES string of the molecule is Cc1ccc(NC(=O)[C@H](OC(=O)[C@H]2C[C@H]2C)c2ccccc2)c([N+](=O)[O-])c1. The Morgan fingerprint density at radius 2 is 1.89 bits per heavy atom. The van der Waals surface area contributed by atoms with Crippen LogP contribution in [0.3, 0.4) is 0 Å². The predicted molar refractivity (Wildman–Crippen MR) is 99.0 cm³/mol. The first kappa shape index (κ1) is 18.6. The topological polar surface area (TPSA) is 98.5 Å². The van der Waals surface area contributed by atoms with Crippen LogP contribution in [0.25, 0.3) is 0 Å². The molecule has 0 unspecified atom stereocenters. The van der Waals surface area contributed by atoms with Crippen LogP contribution in [0.2, 0.25) is 0 Å². The smallest absolute Gasteiger partial charge is 0.310 e. The lowest BCUT2D eigenvalue weighted by Gasteiger charge is -2.18. The minimum absolute atomic E-state index is 0.0624. The lowest BCUT2D eigenvalue weighted by molar-refractivity contribution is -0.384. The summed E-state index contributed by atoms with van der Waals surface area (Å²) in [6.07, 6.45) is -0.432. The number of nitro benzene ring substituents is 1. The highest BCUT2D eigenvalue weighted by molar-refractivity contribution is 5.98. The Balaban J connectivity index is 1.85. The molecule has 27 heavy (non-hydrogen) atoms. The van der Waals surface area contributed by atoms with E-state index in [0.717, 1.165) is 6.42 Å². The van der Waals surface area contributed by atoms with Crippen molar-refractivity contribution >= 4 is 23.3 Å². The molecule has 0 bridgehead atoms. The minimum atomic E-state index is -1.17. The molecule has 0 aromatic heterocycles. The number of benzene rings is 2. The standard InChI is InChI=1S/C20H20N2O5/c1-12-8-9-16(17(10-12)22(25)26)21-19(23)18(14-6-4-3-5-7-14)27-20(24)15-11-13(15)2/h3-10,13,15,18H,11H2,1-2H3,(H,21,23)/t13-,15+,18-/m1/s1. The molecule has 0 radical (unpaired) electrons. The number of nitrogens with zero attached hydrogens (tertiary/aromatic N) is 1. The van der Waals surface area contributed by atoms with Gasteiger partial charge in [-0.05, 0) is 30.9 Å². The molecule has 7 heteroatoms. The van der Waals surface area contributed by atoms with Gasteiger partial charge in [-0.25, -0.2) is 0 Å². The Hall–Kier alpha value is -3.22. The third-order valence-corrected chi connectivity index (χ3v) is 4.59. The maximum atomic E-state index is 12.8. The van der Waals surface area contributed by atoms with Crippen LogP contribution < -0.4 is 5.32 Å². The van der Waals surface area contributed by atoms with E-state index in [2.05, 4.69) is 5.32 Å². The van der Waals surface area contributed by atoms with Crippen LogP contribution in [0.1, 0.15) is 30.6 Å². The van der Waals surface area contributed by atoms with Crippen LogP contribution in [0.15, 0.2) is 48.5 Å². The van der Waals surface area contributed by atoms with Gasteiger partial charge in [-0.3, -0.25) is 19.7 Å². The fourth-order valence-corrected chi connectivity index (χ4v) is 2.85. The van der Waals surface area contributed by atoms with Crippen LogP contribution in [0, 0.1) is 28.9 Å². The molecule has 1 fully saturated rings. The molecule has 0 spiro atoms. The average Bonchev–Trinajstić information content (AvgIpc) is 3.38. The van der Waals surface area contributed by atoms with Crippen LogP contribution in [0.4, 0.5) is 11.4 Å². The predicted octanol–water partition coefficient (Wildman–Crippen LogP) is 3.78. The van der Waals surface area contributed by atoms with E-state index in [1.165, 1.54) is 12.1 Å². The van der Waals surface area contributed by atoms with Gasteiger partial charge in [0.1, 0.15) is 5.69 Å². The van der Waals surface area contributed by atoms with Crippen molar-refractivity contribution in [3.05, 3.63) is 69.8 Å². The number of aryl methyl sites for hydroxylation is 1. The minimum Gasteiger partial charge on any atom is -0.447 e. The maximum absolute atomic E-state index is 12.8. The second kappa shape index (κ2) is 7.57. The lowest BCUT2D eigenvalue weighted by Crippen LogP contribution is -2.27. The fraction of sp³-hybridized carbons (Fsp3) is 0.300. The van der Waals surface area contributed by atoms with E-state index in [4.69, 9.17) is 4.74 Å². The van der Waals surface area contributed by atoms with Crippen molar-refractivity contribution in [2.45, 2.75) is 26.4 Å². The molecule has 0 heterocycles. The Morgan fingerprint density at radius 3 is 2.48 bits per heavy atom. The zero-order valence-corrected chi connectivity index (χ0v) is 15.0. The number of hydrogen-bond donors (Lipinski definition) is 1. The van der Waals surface area contributed by atoms with Gasteiger partial charge in [0.15, 0.2) is 0 Å². The number of nitro groups is 1. The molecule has 140 valence electrons. The molecular weight excluding hydrogens is 348 g/mol. The number of amides is 1. The van der Waals surface area contributed by atoms with Gasteiger partial charge >= 0.3 is 5.97 Å². The van der Waals surface area contributed by atoms with Gasteiger partial charge in [0.05, 0.1) is 10.8 Å². The number of hydrogen-bond acceptors (Lipinski definition) is 5. The molecule has 1 saturated carbocycles. The number of anilines is 1. The monoisotopic (exact) mass is 368 g/mol. The average molecular weight is 368 g/mol. The van der Waals surface area contributed by atoms with Crippen molar-refractivity contribution in [1.29, 1.82) is 0 Å². The van der Waals surface area contributed by atoms with Crippen molar-refractivity contribution in [1.82, 2.24) is 0 Å². The van der Waals surface area contributed by atoms with Gasteiger partial charge in [-0.2, -0.15) is 0 Å². The Morgan fingerprint density at radius 1 is 1.22 bits per heavy atom. The molecule has 1 amide bonds. The van der Waals surface area contributed by atoms with Crippen LogP contribution in [0.5, 0.6) is 0 Å². The van der Waals surface area contributed by atoms with Crippen molar-refractivity contribution in [3.63, 3.8) is 0 Å². The summed E-state index contributed by atoms with van der Waals surface area (Å²) in [5.74, 6) is -1.01. The number of carbonyl (C=O) groups is 2. The molecule has 7 nitrogen and oxygen atoms in total. The van der Waals surface area contributed by atoms with Crippen molar-refractivity contribution < 1.29 is 19.2 Å². The van der Waals surface area contributed by atoms with Crippen molar-refractivity contribution in [2.24, 2.45) is 11.8 Å². The highest BCUT2D eigenvalue weighted by atomic mass is 16.6.